The molecule has 0 unspecified atom stereocenters. The van der Waals surface area contributed by atoms with Gasteiger partial charge in [-0.25, -0.2) is 0 Å². The lowest BCUT2D eigenvalue weighted by molar-refractivity contribution is -0.127. The minimum Gasteiger partial charge on any atom is -0.368 e. The number of nitrogens with one attached hydrogen (secondary N) is 1. The Hall–Kier alpha value is -2.88. The predicted molar refractivity (Wildman–Crippen MR) is 94.3 cm³/mol. The van der Waals surface area contributed by atoms with E-state index in [2.05, 4.69) is 11.9 Å². The largest absolute Gasteiger partial charge is 0.368 e. The average Bonchev–Trinajstić information content (AvgIpc) is 2.88. The average molecular weight is 320 g/mol. The first-order valence-electron chi connectivity index (χ1n) is 7.91. The van der Waals surface area contributed by atoms with Gasteiger partial charge in [0.25, 0.3) is 0 Å². The van der Waals surface area contributed by atoms with Crippen molar-refractivity contribution in [1.82, 2.24) is 5.32 Å². The molecular formula is C20H20N2O2. The Bertz CT molecular complexity index is 780. The van der Waals surface area contributed by atoms with E-state index in [0.717, 1.165) is 27.8 Å². The first kappa shape index (κ1) is 16.0. The van der Waals surface area contributed by atoms with Crippen LogP contribution in [0.3, 0.4) is 0 Å². The SMILES string of the molecule is C=C(C)C[C@@H](NC(=O)C1c2ccccc2-c2ccccc21)C(N)=O. The Morgan fingerprint density at radius 1 is 1.08 bits per heavy atom. The molecular weight excluding hydrogens is 300 g/mol. The van der Waals surface area contributed by atoms with E-state index in [4.69, 9.17) is 5.73 Å². The molecule has 0 radical (unpaired) electrons. The number of amides is 2. The summed E-state index contributed by atoms with van der Waals surface area (Å²) in [6.07, 6.45) is 0.344. The second kappa shape index (κ2) is 6.32. The molecule has 0 heterocycles. The molecule has 0 aliphatic heterocycles. The van der Waals surface area contributed by atoms with Crippen LogP contribution in [-0.2, 0) is 9.59 Å². The third kappa shape index (κ3) is 2.83. The number of fused-ring (bicyclic) bond motifs is 3. The van der Waals surface area contributed by atoms with Crippen molar-refractivity contribution >= 4 is 11.8 Å². The van der Waals surface area contributed by atoms with Gasteiger partial charge < -0.3 is 11.1 Å². The number of carbonyl (C=O) groups is 2. The molecule has 2 aromatic rings. The van der Waals surface area contributed by atoms with Crippen LogP contribution in [0.2, 0.25) is 0 Å². The highest BCUT2D eigenvalue weighted by molar-refractivity contribution is 5.98. The van der Waals surface area contributed by atoms with Crippen molar-refractivity contribution in [2.75, 3.05) is 0 Å². The zero-order valence-electron chi connectivity index (χ0n) is 13.6. The highest BCUT2D eigenvalue weighted by Gasteiger charge is 2.34. The highest BCUT2D eigenvalue weighted by Crippen LogP contribution is 2.44. The van der Waals surface area contributed by atoms with Gasteiger partial charge in [-0.1, -0.05) is 54.1 Å². The second-order valence-corrected chi connectivity index (χ2v) is 6.23. The van der Waals surface area contributed by atoms with Crippen LogP contribution in [0.1, 0.15) is 30.4 Å². The first-order chi connectivity index (χ1) is 11.5. The molecule has 1 aliphatic rings. The maximum atomic E-state index is 12.9. The van der Waals surface area contributed by atoms with E-state index in [1.165, 1.54) is 0 Å². The summed E-state index contributed by atoms with van der Waals surface area (Å²) >= 11 is 0. The number of hydrogen-bond acceptors (Lipinski definition) is 2. The third-order valence-electron chi connectivity index (χ3n) is 4.31. The van der Waals surface area contributed by atoms with Crippen molar-refractivity contribution in [3.63, 3.8) is 0 Å². The molecule has 1 aliphatic carbocycles. The fourth-order valence-electron chi connectivity index (χ4n) is 3.26. The summed E-state index contributed by atoms with van der Waals surface area (Å²) in [4.78, 5) is 24.6. The van der Waals surface area contributed by atoms with Gasteiger partial charge in [0.05, 0.1) is 5.92 Å². The van der Waals surface area contributed by atoms with Gasteiger partial charge in [-0.2, -0.15) is 0 Å². The van der Waals surface area contributed by atoms with E-state index in [-0.39, 0.29) is 5.91 Å². The van der Waals surface area contributed by atoms with Crippen LogP contribution in [0.15, 0.2) is 60.7 Å². The zero-order valence-corrected chi connectivity index (χ0v) is 13.6. The molecule has 122 valence electrons. The Kier molecular flexibility index (Phi) is 4.21. The minimum atomic E-state index is -0.741. The van der Waals surface area contributed by atoms with E-state index in [1.54, 1.807) is 0 Å². The summed E-state index contributed by atoms with van der Waals surface area (Å²) in [6, 6.07) is 15.0. The normalized spacial score (nSPS) is 13.7. The van der Waals surface area contributed by atoms with E-state index in [1.807, 2.05) is 55.5 Å². The number of primary amides is 1. The molecule has 2 aromatic carbocycles. The fraction of sp³-hybridized carbons (Fsp3) is 0.200. The summed E-state index contributed by atoms with van der Waals surface area (Å²) in [6.45, 7) is 5.60. The Morgan fingerprint density at radius 2 is 1.58 bits per heavy atom. The van der Waals surface area contributed by atoms with Gasteiger partial charge in [-0.3, -0.25) is 9.59 Å². The topological polar surface area (TPSA) is 72.2 Å². The Balaban J connectivity index is 1.95. The van der Waals surface area contributed by atoms with E-state index >= 15 is 0 Å². The Morgan fingerprint density at radius 3 is 2.04 bits per heavy atom. The zero-order chi connectivity index (χ0) is 17.3. The van der Waals surface area contributed by atoms with Crippen LogP contribution in [0, 0.1) is 0 Å². The van der Waals surface area contributed by atoms with Crippen LogP contribution in [0.25, 0.3) is 11.1 Å². The molecule has 0 saturated heterocycles. The monoisotopic (exact) mass is 320 g/mol. The number of benzene rings is 2. The predicted octanol–water partition coefficient (Wildman–Crippen LogP) is 2.74. The summed E-state index contributed by atoms with van der Waals surface area (Å²) in [5.74, 6) is -1.19. The van der Waals surface area contributed by atoms with Crippen LogP contribution in [-0.4, -0.2) is 17.9 Å². The molecule has 4 nitrogen and oxygen atoms in total. The smallest absolute Gasteiger partial charge is 0.240 e. The van der Waals surface area contributed by atoms with Crippen molar-refractivity contribution in [3.8, 4) is 11.1 Å². The van der Waals surface area contributed by atoms with Gasteiger partial charge in [-0.15, -0.1) is 6.58 Å². The van der Waals surface area contributed by atoms with Gasteiger partial charge in [-0.05, 0) is 35.6 Å². The maximum Gasteiger partial charge on any atom is 0.240 e. The highest BCUT2D eigenvalue weighted by atomic mass is 16.2. The van der Waals surface area contributed by atoms with Gasteiger partial charge in [0.1, 0.15) is 6.04 Å². The van der Waals surface area contributed by atoms with Crippen LogP contribution < -0.4 is 11.1 Å². The van der Waals surface area contributed by atoms with Gasteiger partial charge in [0, 0.05) is 0 Å². The van der Waals surface area contributed by atoms with Crippen molar-refractivity contribution < 1.29 is 9.59 Å². The molecule has 3 N–H and O–H groups in total. The number of hydrogen-bond donors (Lipinski definition) is 2. The fourth-order valence-corrected chi connectivity index (χ4v) is 3.26. The second-order valence-electron chi connectivity index (χ2n) is 6.23. The first-order valence-corrected chi connectivity index (χ1v) is 7.91. The molecule has 1 atom stereocenters. The van der Waals surface area contributed by atoms with Gasteiger partial charge in [0.15, 0.2) is 0 Å². The molecule has 3 rings (SSSR count). The summed E-state index contributed by atoms with van der Waals surface area (Å²) in [5.41, 5.74) is 10.2. The van der Waals surface area contributed by atoms with Crippen LogP contribution in [0.4, 0.5) is 0 Å². The molecule has 0 saturated carbocycles. The lowest BCUT2D eigenvalue weighted by Gasteiger charge is -2.19. The quantitative estimate of drug-likeness (QED) is 0.832. The van der Waals surface area contributed by atoms with Crippen molar-refractivity contribution in [2.24, 2.45) is 5.73 Å². The molecule has 0 fully saturated rings. The maximum absolute atomic E-state index is 12.9. The summed E-state index contributed by atoms with van der Waals surface area (Å²) in [5, 5.41) is 2.80. The van der Waals surface area contributed by atoms with E-state index < -0.39 is 17.9 Å². The lowest BCUT2D eigenvalue weighted by atomic mass is 9.95. The van der Waals surface area contributed by atoms with Crippen LogP contribution in [0.5, 0.6) is 0 Å². The summed E-state index contributed by atoms with van der Waals surface area (Å²) in [7, 11) is 0. The molecule has 4 heteroatoms. The molecule has 2 amide bonds. The molecule has 0 bridgehead atoms. The molecule has 24 heavy (non-hydrogen) atoms. The number of carbonyl (C=O) groups excluding carboxylic acids is 2. The number of nitrogens with two attached hydrogens (primary N) is 1. The van der Waals surface area contributed by atoms with Crippen LogP contribution >= 0.6 is 0 Å². The Labute approximate surface area is 141 Å². The molecule has 0 spiro atoms. The van der Waals surface area contributed by atoms with Crippen molar-refractivity contribution in [2.45, 2.75) is 25.3 Å². The van der Waals surface area contributed by atoms with Gasteiger partial charge in [0.2, 0.25) is 11.8 Å². The minimum absolute atomic E-state index is 0.211. The third-order valence-corrected chi connectivity index (χ3v) is 4.31. The molecule has 0 aromatic heterocycles. The van der Waals surface area contributed by atoms with E-state index in [9.17, 15) is 9.59 Å². The summed E-state index contributed by atoms with van der Waals surface area (Å²) < 4.78 is 0. The number of rotatable bonds is 5. The van der Waals surface area contributed by atoms with E-state index in [0.29, 0.717) is 6.42 Å². The van der Waals surface area contributed by atoms with Crippen molar-refractivity contribution in [1.29, 1.82) is 0 Å². The standard InChI is InChI=1S/C20H20N2O2/c1-12(2)11-17(19(21)23)22-20(24)18-15-9-5-3-7-13(15)14-8-4-6-10-16(14)18/h3-10,17-18H,1,11H2,2H3,(H2,21,23)(H,22,24)/t17-/m1/s1. The van der Waals surface area contributed by atoms with Gasteiger partial charge >= 0.3 is 0 Å². The lowest BCUT2D eigenvalue weighted by Crippen LogP contribution is -2.46. The van der Waals surface area contributed by atoms with Crippen molar-refractivity contribution in [3.05, 3.63) is 71.8 Å².